The van der Waals surface area contributed by atoms with Crippen LogP contribution in [0.1, 0.15) is 46.9 Å². The summed E-state index contributed by atoms with van der Waals surface area (Å²) in [5.41, 5.74) is 3.75. The number of aromatic nitrogens is 2. The first-order chi connectivity index (χ1) is 17.5. The van der Waals surface area contributed by atoms with E-state index in [4.69, 9.17) is 14.5 Å². The fraction of sp³-hybridized carbons (Fsp3) is 0.379. The van der Waals surface area contributed by atoms with Crippen LogP contribution in [0.4, 0.5) is 5.95 Å². The van der Waals surface area contributed by atoms with Crippen LogP contribution in [0.15, 0.2) is 60.7 Å². The van der Waals surface area contributed by atoms with Gasteiger partial charge in [-0.05, 0) is 45.1 Å². The van der Waals surface area contributed by atoms with Crippen molar-refractivity contribution in [1.82, 2.24) is 9.97 Å². The molecular formula is C29H33N3O4. The molecule has 1 aliphatic heterocycles. The first-order valence-corrected chi connectivity index (χ1v) is 12.6. The van der Waals surface area contributed by atoms with Gasteiger partial charge in [-0.2, -0.15) is 4.98 Å². The Morgan fingerprint density at radius 2 is 1.81 bits per heavy atom. The zero-order valence-electron chi connectivity index (χ0n) is 21.0. The zero-order chi connectivity index (χ0) is 25.3. The van der Waals surface area contributed by atoms with Gasteiger partial charge in [0.1, 0.15) is 0 Å². The van der Waals surface area contributed by atoms with E-state index in [1.165, 1.54) is 5.56 Å². The molecule has 7 nitrogen and oxygen atoms in total. The summed E-state index contributed by atoms with van der Waals surface area (Å²) in [6, 6.07) is 19.5. The second kappa shape index (κ2) is 12.3. The van der Waals surface area contributed by atoms with Gasteiger partial charge in [0.2, 0.25) is 11.8 Å². The molecule has 1 saturated heterocycles. The lowest BCUT2D eigenvalue weighted by atomic mass is 9.98. The molecule has 0 spiro atoms. The quantitative estimate of drug-likeness (QED) is 0.305. The first kappa shape index (κ1) is 25.4. The predicted molar refractivity (Wildman–Crippen MR) is 138 cm³/mol. The van der Waals surface area contributed by atoms with Crippen molar-refractivity contribution in [2.75, 3.05) is 31.2 Å². The highest BCUT2D eigenvalue weighted by Crippen LogP contribution is 2.24. The van der Waals surface area contributed by atoms with E-state index in [9.17, 15) is 9.59 Å². The molecule has 2 aromatic carbocycles. The van der Waals surface area contributed by atoms with Crippen molar-refractivity contribution in [3.05, 3.63) is 83.0 Å². The van der Waals surface area contributed by atoms with Crippen molar-refractivity contribution in [1.29, 1.82) is 0 Å². The number of carbonyl (C=O) groups excluding carboxylic acids is 2. The molecule has 0 N–H and O–H groups in total. The number of hydrogen-bond acceptors (Lipinski definition) is 7. The van der Waals surface area contributed by atoms with Gasteiger partial charge in [-0.3, -0.25) is 9.59 Å². The average Bonchev–Trinajstić information content (AvgIpc) is 2.91. The Morgan fingerprint density at radius 3 is 2.56 bits per heavy atom. The van der Waals surface area contributed by atoms with E-state index in [0.717, 1.165) is 37.1 Å². The monoisotopic (exact) mass is 487 g/mol. The van der Waals surface area contributed by atoms with Crippen LogP contribution < -0.4 is 9.64 Å². The van der Waals surface area contributed by atoms with Crippen LogP contribution in [0, 0.1) is 12.8 Å². The summed E-state index contributed by atoms with van der Waals surface area (Å²) < 4.78 is 11.1. The summed E-state index contributed by atoms with van der Waals surface area (Å²) in [6.07, 6.45) is 3.17. The number of ether oxygens (including phenoxy) is 2. The Labute approximate surface area is 212 Å². The fourth-order valence-electron chi connectivity index (χ4n) is 4.29. The number of carbonyl (C=O) groups is 2. The number of ketones is 1. The summed E-state index contributed by atoms with van der Waals surface area (Å²) >= 11 is 0. The molecule has 0 saturated carbocycles. The Balaban J connectivity index is 1.52. The van der Waals surface area contributed by atoms with E-state index < -0.39 is 0 Å². The largest absolute Gasteiger partial charge is 0.469 e. The maximum atomic E-state index is 12.7. The highest BCUT2D eigenvalue weighted by molar-refractivity contribution is 5.97. The van der Waals surface area contributed by atoms with Crippen molar-refractivity contribution in [2.24, 2.45) is 5.92 Å². The molecule has 7 heteroatoms. The number of hydrogen-bond donors (Lipinski definition) is 0. The number of Topliss-reactive ketones (excluding diaryl/α,β-unsaturated/α-hetero) is 1. The van der Waals surface area contributed by atoms with Crippen LogP contribution in [-0.2, 0) is 22.4 Å². The van der Waals surface area contributed by atoms with E-state index in [1.807, 2.05) is 55.1 Å². The fourth-order valence-corrected chi connectivity index (χ4v) is 4.29. The summed E-state index contributed by atoms with van der Waals surface area (Å²) in [4.78, 5) is 36.5. The molecule has 1 aromatic heterocycles. The molecule has 0 amide bonds. The maximum Gasteiger partial charge on any atom is 0.310 e. The van der Waals surface area contributed by atoms with Gasteiger partial charge in [0.05, 0.1) is 18.2 Å². The zero-order valence-corrected chi connectivity index (χ0v) is 21.0. The molecule has 1 fully saturated rings. The van der Waals surface area contributed by atoms with Gasteiger partial charge < -0.3 is 14.4 Å². The number of piperidine rings is 1. The summed E-state index contributed by atoms with van der Waals surface area (Å²) in [5, 5.41) is 0. The van der Waals surface area contributed by atoms with E-state index in [-0.39, 0.29) is 24.3 Å². The van der Waals surface area contributed by atoms with Crippen molar-refractivity contribution in [2.45, 2.75) is 39.5 Å². The molecule has 0 aliphatic carbocycles. The van der Waals surface area contributed by atoms with Crippen LogP contribution in [0.2, 0.25) is 0 Å². The number of esters is 1. The summed E-state index contributed by atoms with van der Waals surface area (Å²) in [6.45, 7) is 5.32. The third kappa shape index (κ3) is 6.90. The second-order valence-electron chi connectivity index (χ2n) is 9.10. The van der Waals surface area contributed by atoms with Crippen LogP contribution in [0.5, 0.6) is 5.88 Å². The molecule has 0 unspecified atom stereocenters. The minimum atomic E-state index is -0.206. The number of aryl methyl sites for hydroxylation is 3. The van der Waals surface area contributed by atoms with Crippen LogP contribution in [0.3, 0.4) is 0 Å². The lowest BCUT2D eigenvalue weighted by molar-refractivity contribution is -0.148. The lowest BCUT2D eigenvalue weighted by Gasteiger charge is -2.31. The molecule has 0 radical (unpaired) electrons. The Kier molecular flexibility index (Phi) is 8.66. The van der Waals surface area contributed by atoms with Gasteiger partial charge in [0.15, 0.2) is 12.4 Å². The van der Waals surface area contributed by atoms with Gasteiger partial charge in [-0.15, -0.1) is 0 Å². The van der Waals surface area contributed by atoms with E-state index in [0.29, 0.717) is 37.0 Å². The minimum absolute atomic E-state index is 0.108. The highest BCUT2D eigenvalue weighted by Gasteiger charge is 2.28. The maximum absolute atomic E-state index is 12.7. The Morgan fingerprint density at radius 1 is 1.03 bits per heavy atom. The molecule has 3 aromatic rings. The highest BCUT2D eigenvalue weighted by atomic mass is 16.5. The minimum Gasteiger partial charge on any atom is -0.469 e. The molecular weight excluding hydrogens is 454 g/mol. The Bertz CT molecular complexity index is 1160. The van der Waals surface area contributed by atoms with Gasteiger partial charge in [0.25, 0.3) is 0 Å². The molecule has 1 aliphatic rings. The summed E-state index contributed by atoms with van der Waals surface area (Å²) in [7, 11) is 0. The van der Waals surface area contributed by atoms with Crippen molar-refractivity contribution >= 4 is 17.7 Å². The van der Waals surface area contributed by atoms with Crippen molar-refractivity contribution < 1.29 is 19.1 Å². The molecule has 1 atom stereocenters. The van der Waals surface area contributed by atoms with Crippen molar-refractivity contribution in [3.8, 4) is 5.88 Å². The van der Waals surface area contributed by atoms with Gasteiger partial charge in [-0.1, -0.05) is 60.2 Å². The standard InChI is InChI=1S/C29H33N3O4/c1-3-35-28(34)24-10-7-17-32(19-24)29-30-25(16-13-22-8-5-4-6-9-22)18-27(31-29)36-20-26(33)23-14-11-21(2)12-15-23/h4-6,8-9,11-12,14-15,18,24H,3,7,10,13,16-17,19-20H2,1-2H3/t24-/m1/s1. The number of rotatable bonds is 10. The van der Waals surface area contributed by atoms with Crippen LogP contribution >= 0.6 is 0 Å². The third-order valence-corrected chi connectivity index (χ3v) is 6.31. The molecule has 36 heavy (non-hydrogen) atoms. The smallest absolute Gasteiger partial charge is 0.310 e. The third-order valence-electron chi connectivity index (χ3n) is 6.31. The molecule has 2 heterocycles. The summed E-state index contributed by atoms with van der Waals surface area (Å²) in [5.74, 6) is 0.390. The molecule has 188 valence electrons. The van der Waals surface area contributed by atoms with Gasteiger partial charge in [-0.25, -0.2) is 4.98 Å². The normalized spacial score (nSPS) is 15.4. The van der Waals surface area contributed by atoms with Gasteiger partial charge in [0, 0.05) is 24.7 Å². The van der Waals surface area contributed by atoms with Crippen LogP contribution in [0.25, 0.3) is 0 Å². The Hall–Kier alpha value is -3.74. The molecule has 0 bridgehead atoms. The average molecular weight is 488 g/mol. The topological polar surface area (TPSA) is 81.6 Å². The number of nitrogens with zero attached hydrogens (tertiary/aromatic N) is 3. The van der Waals surface area contributed by atoms with E-state index >= 15 is 0 Å². The predicted octanol–water partition coefficient (Wildman–Crippen LogP) is 4.61. The molecule has 4 rings (SSSR count). The van der Waals surface area contributed by atoms with Gasteiger partial charge >= 0.3 is 5.97 Å². The number of anilines is 1. The van der Waals surface area contributed by atoms with Crippen LogP contribution in [-0.4, -0.2) is 48.0 Å². The number of benzene rings is 2. The van der Waals surface area contributed by atoms with Crippen molar-refractivity contribution in [3.63, 3.8) is 0 Å². The SMILES string of the molecule is CCOC(=O)[C@@H]1CCCN(c2nc(CCc3ccccc3)cc(OCC(=O)c3ccc(C)cc3)n2)C1. The van der Waals surface area contributed by atoms with E-state index in [1.54, 1.807) is 12.1 Å². The van der Waals surface area contributed by atoms with E-state index in [2.05, 4.69) is 17.1 Å². The first-order valence-electron chi connectivity index (χ1n) is 12.6. The lowest BCUT2D eigenvalue weighted by Crippen LogP contribution is -2.40. The second-order valence-corrected chi connectivity index (χ2v) is 9.10.